The van der Waals surface area contributed by atoms with Crippen molar-refractivity contribution in [2.45, 2.75) is 17.5 Å². The first-order chi connectivity index (χ1) is 3.46. The van der Waals surface area contributed by atoms with Gasteiger partial charge >= 0.3 is 0 Å². The lowest BCUT2D eigenvalue weighted by Gasteiger charge is -1.99. The smallest absolute Gasteiger partial charge is 0.262 e. The summed E-state index contributed by atoms with van der Waals surface area (Å²) in [6, 6.07) is 0. The summed E-state index contributed by atoms with van der Waals surface area (Å²) in [4.78, 5) is 0. The van der Waals surface area contributed by atoms with E-state index in [0.29, 0.717) is 12.8 Å². The monoisotopic (exact) mass is 132 g/mol. The fourth-order valence-corrected chi connectivity index (χ4v) is 0.999. The van der Waals surface area contributed by atoms with Crippen LogP contribution in [0, 0.1) is 0 Å². The van der Waals surface area contributed by atoms with Gasteiger partial charge in [-0.15, -0.1) is 0 Å². The van der Waals surface area contributed by atoms with Gasteiger partial charge in [-0.25, -0.2) is 0 Å². The zero-order chi connectivity index (χ0) is 6.41. The molecule has 0 atom stereocenters. The third-order valence-corrected chi connectivity index (χ3v) is 2.69. The molecule has 0 amide bonds. The first kappa shape index (κ1) is 6.10. The topological polar surface area (TPSA) is 54.4 Å². The molecule has 5 heteroatoms. The molecular formula is C3H5BO3S. The van der Waals surface area contributed by atoms with Gasteiger partial charge in [0.05, 0.1) is 12.5 Å². The van der Waals surface area contributed by atoms with Crippen LogP contribution < -0.4 is 0 Å². The van der Waals surface area contributed by atoms with Crippen LogP contribution in [0.15, 0.2) is 0 Å². The Kier molecular flexibility index (Phi) is 0.972. The highest BCUT2D eigenvalue weighted by molar-refractivity contribution is 7.88. The van der Waals surface area contributed by atoms with Crippen LogP contribution in [0.25, 0.3) is 0 Å². The predicted molar refractivity (Wildman–Crippen MR) is 29.3 cm³/mol. The second-order valence-electron chi connectivity index (χ2n) is 2.04. The highest BCUT2D eigenvalue weighted by atomic mass is 32.2. The molecule has 0 spiro atoms. The van der Waals surface area contributed by atoms with Crippen molar-refractivity contribution >= 4 is 18.0 Å². The molecule has 2 radical (unpaired) electrons. The lowest BCUT2D eigenvalue weighted by molar-refractivity contribution is 0.477. The van der Waals surface area contributed by atoms with Crippen LogP contribution in [0.3, 0.4) is 0 Å². The van der Waals surface area contributed by atoms with E-state index < -0.39 is 14.8 Å². The van der Waals surface area contributed by atoms with Gasteiger partial charge in [0.1, 0.15) is 0 Å². The van der Waals surface area contributed by atoms with Crippen LogP contribution in [-0.4, -0.2) is 25.5 Å². The SMILES string of the molecule is [B]C1(S(=O)(=O)O)CC1. The second kappa shape index (κ2) is 1.27. The summed E-state index contributed by atoms with van der Waals surface area (Å²) in [6.07, 6.45) is 0.762. The third-order valence-electron chi connectivity index (χ3n) is 1.26. The van der Waals surface area contributed by atoms with E-state index in [-0.39, 0.29) is 0 Å². The molecule has 0 unspecified atom stereocenters. The van der Waals surface area contributed by atoms with E-state index in [1.54, 1.807) is 0 Å². The van der Waals surface area contributed by atoms with Crippen molar-refractivity contribution in [1.82, 2.24) is 0 Å². The maximum absolute atomic E-state index is 10.1. The van der Waals surface area contributed by atoms with Gasteiger partial charge in [0.2, 0.25) is 0 Å². The first-order valence-corrected chi connectivity index (χ1v) is 3.66. The molecule has 1 aliphatic rings. The second-order valence-corrected chi connectivity index (χ2v) is 3.80. The van der Waals surface area contributed by atoms with Crippen molar-refractivity contribution in [3.63, 3.8) is 0 Å². The lowest BCUT2D eigenvalue weighted by atomic mass is 10.0. The Balaban J connectivity index is 2.90. The van der Waals surface area contributed by atoms with Crippen LogP contribution in [-0.2, 0) is 10.1 Å². The average Bonchev–Trinajstić information content (AvgIpc) is 2.16. The zero-order valence-electron chi connectivity index (χ0n) is 4.16. The number of rotatable bonds is 1. The van der Waals surface area contributed by atoms with Crippen molar-refractivity contribution in [3.8, 4) is 0 Å². The summed E-state index contributed by atoms with van der Waals surface area (Å²) >= 11 is 0. The average molecular weight is 132 g/mol. The molecule has 1 N–H and O–H groups in total. The van der Waals surface area contributed by atoms with E-state index >= 15 is 0 Å². The fraction of sp³-hybridized carbons (Fsp3) is 1.00. The molecule has 0 aliphatic heterocycles. The Bertz CT molecular complexity index is 191. The van der Waals surface area contributed by atoms with E-state index in [0.717, 1.165) is 0 Å². The highest BCUT2D eigenvalue weighted by Crippen LogP contribution is 2.38. The summed E-state index contributed by atoms with van der Waals surface area (Å²) < 4.78 is 27.3. The van der Waals surface area contributed by atoms with Crippen LogP contribution in [0.2, 0.25) is 0 Å². The molecule has 8 heavy (non-hydrogen) atoms. The van der Waals surface area contributed by atoms with Gasteiger partial charge in [0, 0.05) is 0 Å². The molecule has 0 aromatic carbocycles. The van der Waals surface area contributed by atoms with Gasteiger partial charge in [-0.3, -0.25) is 4.55 Å². The highest BCUT2D eigenvalue weighted by Gasteiger charge is 2.48. The largest absolute Gasteiger partial charge is 0.286 e. The van der Waals surface area contributed by atoms with Crippen molar-refractivity contribution in [1.29, 1.82) is 0 Å². The molecule has 1 fully saturated rings. The molecule has 0 saturated heterocycles. The van der Waals surface area contributed by atoms with E-state index in [1.165, 1.54) is 0 Å². The minimum Gasteiger partial charge on any atom is -0.286 e. The summed E-state index contributed by atoms with van der Waals surface area (Å²) in [7, 11) is 1.13. The number of hydrogen-bond acceptors (Lipinski definition) is 2. The molecule has 1 saturated carbocycles. The minimum absolute atomic E-state index is 0.381. The number of hydrogen-bond donors (Lipinski definition) is 1. The predicted octanol–water partition coefficient (Wildman–Crippen LogP) is -0.467. The van der Waals surface area contributed by atoms with Crippen molar-refractivity contribution < 1.29 is 13.0 Å². The molecule has 1 rings (SSSR count). The fourth-order valence-electron chi connectivity index (χ4n) is 0.381. The van der Waals surface area contributed by atoms with Crippen LogP contribution in [0.1, 0.15) is 12.8 Å². The van der Waals surface area contributed by atoms with Crippen molar-refractivity contribution in [2.24, 2.45) is 0 Å². The van der Waals surface area contributed by atoms with E-state index in [1.807, 2.05) is 0 Å². The zero-order valence-corrected chi connectivity index (χ0v) is 4.98. The van der Waals surface area contributed by atoms with Crippen LogP contribution >= 0.6 is 0 Å². The summed E-state index contributed by atoms with van der Waals surface area (Å²) in [6.45, 7) is 0. The van der Waals surface area contributed by atoms with Crippen molar-refractivity contribution in [3.05, 3.63) is 0 Å². The van der Waals surface area contributed by atoms with Crippen LogP contribution in [0.4, 0.5) is 0 Å². The quantitative estimate of drug-likeness (QED) is 0.387. The molecule has 3 nitrogen and oxygen atoms in total. The Morgan fingerprint density at radius 2 is 1.88 bits per heavy atom. The van der Waals surface area contributed by atoms with Gasteiger partial charge in [-0.05, 0) is 12.8 Å². The first-order valence-electron chi connectivity index (χ1n) is 2.22. The third kappa shape index (κ3) is 0.757. The van der Waals surface area contributed by atoms with Gasteiger partial charge in [-0.2, -0.15) is 8.42 Å². The van der Waals surface area contributed by atoms with E-state index in [9.17, 15) is 8.42 Å². The molecule has 1 aliphatic carbocycles. The van der Waals surface area contributed by atoms with Gasteiger partial charge in [-0.1, -0.05) is 0 Å². The molecule has 44 valence electrons. The van der Waals surface area contributed by atoms with Gasteiger partial charge in [0.25, 0.3) is 10.1 Å². The molecule has 0 heterocycles. The van der Waals surface area contributed by atoms with Gasteiger partial charge in [0.15, 0.2) is 0 Å². The minimum atomic E-state index is -3.95. The Hall–Kier alpha value is -0.0251. The van der Waals surface area contributed by atoms with E-state index in [4.69, 9.17) is 12.4 Å². The Morgan fingerprint density at radius 3 is 1.88 bits per heavy atom. The molecular weight excluding hydrogens is 127 g/mol. The molecule has 0 aromatic rings. The summed E-state index contributed by atoms with van der Waals surface area (Å²) in [5.41, 5.74) is 0. The van der Waals surface area contributed by atoms with Gasteiger partial charge < -0.3 is 0 Å². The normalized spacial score (nSPS) is 25.1. The molecule has 0 aromatic heterocycles. The standard InChI is InChI=1S/C3H5BO3S/c4-3(1-2-3)8(5,6)7/h1-2H2,(H,5,6,7). The Labute approximate surface area is 49.2 Å². The lowest BCUT2D eigenvalue weighted by Crippen LogP contribution is -2.21. The maximum atomic E-state index is 10.1. The van der Waals surface area contributed by atoms with Crippen LogP contribution in [0.5, 0.6) is 0 Å². The van der Waals surface area contributed by atoms with Crippen molar-refractivity contribution in [2.75, 3.05) is 0 Å². The summed E-state index contributed by atoms with van der Waals surface area (Å²) in [5.74, 6) is 0. The molecule has 0 bridgehead atoms. The summed E-state index contributed by atoms with van der Waals surface area (Å²) in [5, 5.41) is 0. The Morgan fingerprint density at radius 1 is 1.50 bits per heavy atom. The maximum Gasteiger partial charge on any atom is 0.262 e. The van der Waals surface area contributed by atoms with E-state index in [2.05, 4.69) is 0 Å².